The van der Waals surface area contributed by atoms with E-state index < -0.39 is 11.7 Å². The van der Waals surface area contributed by atoms with E-state index in [4.69, 9.17) is 0 Å². The number of allylic oxidation sites excluding steroid dienone is 1. The van der Waals surface area contributed by atoms with Crippen LogP contribution in [0.15, 0.2) is 36.4 Å². The molecule has 0 bridgehead atoms. The van der Waals surface area contributed by atoms with Crippen LogP contribution in [0.5, 0.6) is 0 Å². The Hall–Kier alpha value is -1.45. The first-order valence-electron chi connectivity index (χ1n) is 5.64. The third kappa shape index (κ3) is 3.25. The van der Waals surface area contributed by atoms with Crippen LogP contribution in [0.4, 0.5) is 18.9 Å². The molecule has 1 aromatic carbocycles. The Kier molecular flexibility index (Phi) is 3.41. The van der Waals surface area contributed by atoms with Gasteiger partial charge in [-0.25, -0.2) is 0 Å². The van der Waals surface area contributed by atoms with Crippen molar-refractivity contribution in [2.45, 2.75) is 31.5 Å². The minimum Gasteiger partial charge on any atom is -0.382 e. The van der Waals surface area contributed by atoms with E-state index in [1.165, 1.54) is 12.1 Å². The van der Waals surface area contributed by atoms with Crippen molar-refractivity contribution >= 4 is 5.69 Å². The summed E-state index contributed by atoms with van der Waals surface area (Å²) in [7, 11) is 0. The number of rotatable bonds is 2. The minimum atomic E-state index is -4.26. The van der Waals surface area contributed by atoms with E-state index in [0.29, 0.717) is 6.04 Å². The lowest BCUT2D eigenvalue weighted by atomic mass is 10.0. The van der Waals surface area contributed by atoms with Gasteiger partial charge in [0, 0.05) is 11.7 Å². The van der Waals surface area contributed by atoms with E-state index in [2.05, 4.69) is 17.5 Å². The van der Waals surface area contributed by atoms with Gasteiger partial charge in [-0.05, 0) is 43.5 Å². The molecule has 4 heteroatoms. The SMILES string of the molecule is FC(F)(F)c1ccc(NC2CC=CCC2)cc1. The van der Waals surface area contributed by atoms with E-state index in [9.17, 15) is 13.2 Å². The Morgan fingerprint density at radius 3 is 2.29 bits per heavy atom. The second kappa shape index (κ2) is 4.82. The minimum absolute atomic E-state index is 0.330. The zero-order valence-corrected chi connectivity index (χ0v) is 9.30. The molecule has 1 aliphatic carbocycles. The number of nitrogens with one attached hydrogen (secondary N) is 1. The van der Waals surface area contributed by atoms with E-state index in [0.717, 1.165) is 37.1 Å². The molecule has 0 aliphatic heterocycles. The van der Waals surface area contributed by atoms with Crippen molar-refractivity contribution in [3.05, 3.63) is 42.0 Å². The molecule has 0 fully saturated rings. The maximum Gasteiger partial charge on any atom is 0.416 e. The molecule has 2 rings (SSSR count). The van der Waals surface area contributed by atoms with Crippen LogP contribution in [-0.2, 0) is 6.18 Å². The van der Waals surface area contributed by atoms with Crippen LogP contribution in [0.3, 0.4) is 0 Å². The van der Waals surface area contributed by atoms with Crippen LogP contribution >= 0.6 is 0 Å². The summed E-state index contributed by atoms with van der Waals surface area (Å²) < 4.78 is 37.0. The number of hydrogen-bond acceptors (Lipinski definition) is 1. The van der Waals surface area contributed by atoms with Crippen LogP contribution in [-0.4, -0.2) is 6.04 Å². The zero-order chi connectivity index (χ0) is 12.3. The second-order valence-corrected chi connectivity index (χ2v) is 4.20. The molecule has 1 nitrogen and oxygen atoms in total. The summed E-state index contributed by atoms with van der Waals surface area (Å²) >= 11 is 0. The molecule has 1 atom stereocenters. The van der Waals surface area contributed by atoms with Gasteiger partial charge < -0.3 is 5.32 Å². The smallest absolute Gasteiger partial charge is 0.382 e. The quantitative estimate of drug-likeness (QED) is 0.764. The molecule has 1 unspecified atom stereocenters. The lowest BCUT2D eigenvalue weighted by Gasteiger charge is -2.20. The highest BCUT2D eigenvalue weighted by molar-refractivity contribution is 5.46. The largest absolute Gasteiger partial charge is 0.416 e. The lowest BCUT2D eigenvalue weighted by Crippen LogP contribution is -2.20. The monoisotopic (exact) mass is 241 g/mol. The third-order valence-electron chi connectivity index (χ3n) is 2.85. The molecule has 1 aromatic rings. The summed E-state index contributed by atoms with van der Waals surface area (Å²) in [6, 6.07) is 5.53. The van der Waals surface area contributed by atoms with Gasteiger partial charge in [0.05, 0.1) is 5.56 Å². The predicted octanol–water partition coefficient (Wildman–Crippen LogP) is 4.23. The lowest BCUT2D eigenvalue weighted by molar-refractivity contribution is -0.137. The Morgan fingerprint density at radius 2 is 1.76 bits per heavy atom. The molecule has 1 aliphatic rings. The molecule has 0 radical (unpaired) electrons. The average Bonchev–Trinajstić information content (AvgIpc) is 2.30. The maximum absolute atomic E-state index is 12.3. The number of benzene rings is 1. The van der Waals surface area contributed by atoms with Crippen molar-refractivity contribution < 1.29 is 13.2 Å². The second-order valence-electron chi connectivity index (χ2n) is 4.20. The summed E-state index contributed by atoms with van der Waals surface area (Å²) in [5.41, 5.74) is 0.143. The van der Waals surface area contributed by atoms with E-state index in [-0.39, 0.29) is 0 Å². The molecule has 0 aromatic heterocycles. The van der Waals surface area contributed by atoms with Crippen LogP contribution in [0, 0.1) is 0 Å². The number of halogens is 3. The van der Waals surface area contributed by atoms with Gasteiger partial charge in [0.1, 0.15) is 0 Å². The Morgan fingerprint density at radius 1 is 1.06 bits per heavy atom. The van der Waals surface area contributed by atoms with E-state index in [1.54, 1.807) is 0 Å². The van der Waals surface area contributed by atoms with E-state index in [1.807, 2.05) is 0 Å². The summed E-state index contributed by atoms with van der Waals surface area (Å²) in [4.78, 5) is 0. The first kappa shape index (κ1) is 12.0. The first-order chi connectivity index (χ1) is 8.05. The van der Waals surface area contributed by atoms with Gasteiger partial charge in [-0.15, -0.1) is 0 Å². The molecule has 0 saturated heterocycles. The Balaban J connectivity index is 2.00. The molecule has 92 valence electrons. The fraction of sp³-hybridized carbons (Fsp3) is 0.385. The van der Waals surface area contributed by atoms with Crippen molar-refractivity contribution in [2.24, 2.45) is 0 Å². The fourth-order valence-corrected chi connectivity index (χ4v) is 1.92. The Bertz CT molecular complexity index is 392. The molecule has 0 saturated carbocycles. The van der Waals surface area contributed by atoms with Gasteiger partial charge in [0.15, 0.2) is 0 Å². The molecule has 0 spiro atoms. The maximum atomic E-state index is 12.3. The van der Waals surface area contributed by atoms with Gasteiger partial charge in [-0.2, -0.15) is 13.2 Å². The van der Waals surface area contributed by atoms with Gasteiger partial charge in [-0.1, -0.05) is 12.2 Å². The molecular formula is C13H14F3N. The fourth-order valence-electron chi connectivity index (χ4n) is 1.92. The molecule has 1 N–H and O–H groups in total. The van der Waals surface area contributed by atoms with Crippen molar-refractivity contribution in [2.75, 3.05) is 5.32 Å². The van der Waals surface area contributed by atoms with Gasteiger partial charge in [0.25, 0.3) is 0 Å². The van der Waals surface area contributed by atoms with Gasteiger partial charge >= 0.3 is 6.18 Å². The van der Waals surface area contributed by atoms with Crippen molar-refractivity contribution in [1.82, 2.24) is 0 Å². The highest BCUT2D eigenvalue weighted by Crippen LogP contribution is 2.30. The van der Waals surface area contributed by atoms with Crippen LogP contribution in [0.25, 0.3) is 0 Å². The topological polar surface area (TPSA) is 12.0 Å². The van der Waals surface area contributed by atoms with Crippen molar-refractivity contribution in [3.8, 4) is 0 Å². The van der Waals surface area contributed by atoms with Crippen LogP contribution in [0.2, 0.25) is 0 Å². The average molecular weight is 241 g/mol. The van der Waals surface area contributed by atoms with Crippen molar-refractivity contribution in [1.29, 1.82) is 0 Å². The highest BCUT2D eigenvalue weighted by atomic mass is 19.4. The summed E-state index contributed by atoms with van der Waals surface area (Å²) in [6.07, 6.45) is 2.96. The number of anilines is 1. The zero-order valence-electron chi connectivity index (χ0n) is 9.30. The molecule has 0 heterocycles. The summed E-state index contributed by atoms with van der Waals surface area (Å²) in [5, 5.41) is 3.24. The Labute approximate surface area is 98.3 Å². The number of hydrogen-bond donors (Lipinski definition) is 1. The highest BCUT2D eigenvalue weighted by Gasteiger charge is 2.29. The standard InChI is InChI=1S/C13H14F3N/c14-13(15,16)10-6-8-12(9-7-10)17-11-4-2-1-3-5-11/h1-2,6-9,11,17H,3-5H2. The molecular weight excluding hydrogens is 227 g/mol. The number of alkyl halides is 3. The van der Waals surface area contributed by atoms with Gasteiger partial charge in [0.2, 0.25) is 0 Å². The summed E-state index contributed by atoms with van der Waals surface area (Å²) in [6.45, 7) is 0. The van der Waals surface area contributed by atoms with Gasteiger partial charge in [-0.3, -0.25) is 0 Å². The van der Waals surface area contributed by atoms with Crippen LogP contribution < -0.4 is 5.32 Å². The van der Waals surface area contributed by atoms with E-state index >= 15 is 0 Å². The summed E-state index contributed by atoms with van der Waals surface area (Å²) in [5.74, 6) is 0. The molecule has 0 amide bonds. The molecule has 17 heavy (non-hydrogen) atoms. The van der Waals surface area contributed by atoms with Crippen molar-refractivity contribution in [3.63, 3.8) is 0 Å². The van der Waals surface area contributed by atoms with Crippen LogP contribution in [0.1, 0.15) is 24.8 Å². The third-order valence-corrected chi connectivity index (χ3v) is 2.85. The predicted molar refractivity (Wildman–Crippen MR) is 61.8 cm³/mol. The first-order valence-corrected chi connectivity index (χ1v) is 5.64. The normalized spacial score (nSPS) is 20.3.